The van der Waals surface area contributed by atoms with Gasteiger partial charge in [-0.2, -0.15) is 17.5 Å². The van der Waals surface area contributed by atoms with Gasteiger partial charge in [-0.1, -0.05) is 30.3 Å². The molecule has 5 nitrogen and oxygen atoms in total. The second-order valence-corrected chi connectivity index (χ2v) is 8.95. The first-order chi connectivity index (χ1) is 14.3. The number of aromatic nitrogens is 1. The summed E-state index contributed by atoms with van der Waals surface area (Å²) in [7, 11) is -4.26. The van der Waals surface area contributed by atoms with Crippen LogP contribution in [0, 0.1) is 0 Å². The minimum atomic E-state index is -4.74. The van der Waals surface area contributed by atoms with Crippen molar-refractivity contribution in [1.82, 2.24) is 9.29 Å². The van der Waals surface area contributed by atoms with E-state index < -0.39 is 26.7 Å². The van der Waals surface area contributed by atoms with Crippen molar-refractivity contribution in [3.63, 3.8) is 0 Å². The molecule has 1 fully saturated rings. The van der Waals surface area contributed by atoms with Gasteiger partial charge in [-0.3, -0.25) is 4.98 Å². The Morgan fingerprint density at radius 1 is 0.967 bits per heavy atom. The second kappa shape index (κ2) is 7.88. The zero-order valence-electron chi connectivity index (χ0n) is 15.8. The number of benzene rings is 2. The van der Waals surface area contributed by atoms with E-state index >= 15 is 0 Å². The number of ether oxygens (including phenoxy) is 1. The predicted octanol–water partition coefficient (Wildman–Crippen LogP) is 4.49. The Kier molecular flexibility index (Phi) is 5.42. The first kappa shape index (κ1) is 20.6. The van der Waals surface area contributed by atoms with E-state index in [2.05, 4.69) is 4.98 Å². The highest BCUT2D eigenvalue weighted by molar-refractivity contribution is 7.89. The highest BCUT2D eigenvalue weighted by atomic mass is 32.2. The van der Waals surface area contributed by atoms with Crippen LogP contribution in [0.3, 0.4) is 0 Å². The monoisotopic (exact) mass is 436 g/mol. The number of alkyl halides is 3. The predicted molar refractivity (Wildman–Crippen MR) is 106 cm³/mol. The van der Waals surface area contributed by atoms with Crippen molar-refractivity contribution in [2.75, 3.05) is 13.1 Å². The van der Waals surface area contributed by atoms with E-state index in [1.807, 2.05) is 24.3 Å². The summed E-state index contributed by atoms with van der Waals surface area (Å²) < 4.78 is 72.7. The Morgan fingerprint density at radius 2 is 1.67 bits per heavy atom. The average Bonchev–Trinajstić information content (AvgIpc) is 2.74. The molecule has 0 bridgehead atoms. The molecular weight excluding hydrogens is 417 g/mol. The van der Waals surface area contributed by atoms with Crippen LogP contribution in [0.1, 0.15) is 18.4 Å². The Bertz CT molecular complexity index is 1150. The first-order valence-electron chi connectivity index (χ1n) is 9.43. The molecule has 9 heteroatoms. The molecule has 1 aromatic heterocycles. The average molecular weight is 436 g/mol. The highest BCUT2D eigenvalue weighted by Gasteiger charge is 2.39. The number of hydrogen-bond donors (Lipinski definition) is 0. The Hall–Kier alpha value is -2.65. The van der Waals surface area contributed by atoms with Crippen LogP contribution in [0.4, 0.5) is 13.2 Å². The summed E-state index contributed by atoms with van der Waals surface area (Å²) in [6.45, 7) is 0.161. The van der Waals surface area contributed by atoms with Gasteiger partial charge in [0.05, 0.1) is 10.5 Å². The van der Waals surface area contributed by atoms with E-state index in [0.29, 0.717) is 24.1 Å². The lowest BCUT2D eigenvalue weighted by Crippen LogP contribution is -2.42. The van der Waals surface area contributed by atoms with E-state index in [0.717, 1.165) is 21.8 Å². The molecule has 4 rings (SSSR count). The Morgan fingerprint density at radius 3 is 2.40 bits per heavy atom. The van der Waals surface area contributed by atoms with Crippen LogP contribution in [0.25, 0.3) is 10.9 Å². The lowest BCUT2D eigenvalue weighted by atomic mass is 10.1. The SMILES string of the molecule is O=S(=O)(c1ccccc1C(F)(F)F)N1CCC(Oc2cccc3cccnc23)CC1. The molecular formula is C21H19F3N2O3S. The quantitative estimate of drug-likeness (QED) is 0.605. The highest BCUT2D eigenvalue weighted by Crippen LogP contribution is 2.36. The third-order valence-electron chi connectivity index (χ3n) is 5.10. The van der Waals surface area contributed by atoms with Crippen molar-refractivity contribution in [3.05, 3.63) is 66.4 Å². The van der Waals surface area contributed by atoms with Crippen LogP contribution in [0.2, 0.25) is 0 Å². The number of rotatable bonds is 4. The van der Waals surface area contributed by atoms with Gasteiger partial charge < -0.3 is 4.74 Å². The molecule has 0 radical (unpaired) electrons. The molecule has 158 valence electrons. The van der Waals surface area contributed by atoms with Crippen molar-refractivity contribution in [2.24, 2.45) is 0 Å². The number of fused-ring (bicyclic) bond motifs is 1. The molecule has 2 heterocycles. The summed E-state index contributed by atoms with van der Waals surface area (Å²) in [5.74, 6) is 0.608. The minimum absolute atomic E-state index is 0.0807. The van der Waals surface area contributed by atoms with E-state index in [4.69, 9.17) is 4.74 Å². The number of pyridine rings is 1. The molecule has 3 aromatic rings. The number of sulfonamides is 1. The summed E-state index contributed by atoms with van der Waals surface area (Å²) in [6, 6.07) is 13.6. The largest absolute Gasteiger partial charge is 0.488 e. The molecule has 2 aromatic carbocycles. The van der Waals surface area contributed by atoms with Gasteiger partial charge in [0.1, 0.15) is 17.4 Å². The molecule has 0 amide bonds. The van der Waals surface area contributed by atoms with Gasteiger partial charge in [0.2, 0.25) is 10.0 Å². The van der Waals surface area contributed by atoms with Crippen LogP contribution >= 0.6 is 0 Å². The maximum Gasteiger partial charge on any atom is 0.417 e. The van der Waals surface area contributed by atoms with Crippen molar-refractivity contribution < 1.29 is 26.3 Å². The molecule has 0 spiro atoms. The van der Waals surface area contributed by atoms with Gasteiger partial charge in [-0.05, 0) is 37.1 Å². The molecule has 1 aliphatic rings. The molecule has 1 saturated heterocycles. The zero-order chi connectivity index (χ0) is 21.4. The summed E-state index contributed by atoms with van der Waals surface area (Å²) in [5, 5.41) is 0.929. The van der Waals surface area contributed by atoms with Crippen LogP contribution in [-0.4, -0.2) is 36.9 Å². The van der Waals surface area contributed by atoms with Crippen molar-refractivity contribution >= 4 is 20.9 Å². The van der Waals surface area contributed by atoms with E-state index in [1.165, 1.54) is 12.1 Å². The smallest absolute Gasteiger partial charge is 0.417 e. The summed E-state index contributed by atoms with van der Waals surface area (Å²) in [6.07, 6.45) is -2.58. The Labute approximate surface area is 172 Å². The zero-order valence-corrected chi connectivity index (χ0v) is 16.7. The third-order valence-corrected chi connectivity index (χ3v) is 7.06. The molecule has 1 aliphatic heterocycles. The summed E-state index contributed by atoms with van der Waals surface area (Å²) in [4.78, 5) is 3.62. The topological polar surface area (TPSA) is 59.5 Å². The second-order valence-electron chi connectivity index (χ2n) is 7.05. The van der Waals surface area contributed by atoms with Gasteiger partial charge in [0, 0.05) is 24.7 Å². The maximum absolute atomic E-state index is 13.3. The minimum Gasteiger partial charge on any atom is -0.488 e. The van der Waals surface area contributed by atoms with E-state index in [9.17, 15) is 21.6 Å². The first-order valence-corrected chi connectivity index (χ1v) is 10.9. The number of halogens is 3. The Balaban J connectivity index is 1.50. The van der Waals surface area contributed by atoms with Gasteiger partial charge in [-0.25, -0.2) is 8.42 Å². The lowest BCUT2D eigenvalue weighted by Gasteiger charge is -2.32. The van der Waals surface area contributed by atoms with Gasteiger partial charge >= 0.3 is 6.18 Å². The van der Waals surface area contributed by atoms with Crippen molar-refractivity contribution in [1.29, 1.82) is 0 Å². The van der Waals surface area contributed by atoms with Gasteiger partial charge in [0.15, 0.2) is 0 Å². The lowest BCUT2D eigenvalue weighted by molar-refractivity contribution is -0.139. The summed E-state index contributed by atoms with van der Waals surface area (Å²) >= 11 is 0. The van der Waals surface area contributed by atoms with Crippen LogP contribution in [0.5, 0.6) is 5.75 Å². The van der Waals surface area contributed by atoms with Crippen LogP contribution in [-0.2, 0) is 16.2 Å². The number of nitrogens with zero attached hydrogens (tertiary/aromatic N) is 2. The molecule has 30 heavy (non-hydrogen) atoms. The van der Waals surface area contributed by atoms with E-state index in [1.54, 1.807) is 12.3 Å². The standard InChI is InChI=1S/C21H19F3N2O3S/c22-21(23,24)17-7-1-2-9-19(17)30(27,28)26-13-10-16(11-14-26)29-18-8-3-5-15-6-4-12-25-20(15)18/h1-9,12,16H,10-11,13-14H2. The third kappa shape index (κ3) is 3.99. The molecule has 0 unspecified atom stereocenters. The van der Waals surface area contributed by atoms with Gasteiger partial charge in [0.25, 0.3) is 0 Å². The fourth-order valence-electron chi connectivity index (χ4n) is 3.61. The van der Waals surface area contributed by atoms with Crippen LogP contribution < -0.4 is 4.74 Å². The van der Waals surface area contributed by atoms with Crippen LogP contribution in [0.15, 0.2) is 65.7 Å². The van der Waals surface area contributed by atoms with E-state index in [-0.39, 0.29) is 19.2 Å². The fraction of sp³-hybridized carbons (Fsp3) is 0.286. The summed E-state index contributed by atoms with van der Waals surface area (Å²) in [5.41, 5.74) is -0.431. The maximum atomic E-state index is 13.3. The fourth-order valence-corrected chi connectivity index (χ4v) is 5.29. The number of para-hydroxylation sites is 1. The number of hydrogen-bond acceptors (Lipinski definition) is 4. The molecule has 0 N–H and O–H groups in total. The molecule has 0 aliphatic carbocycles. The number of piperidine rings is 1. The van der Waals surface area contributed by atoms with Gasteiger partial charge in [-0.15, -0.1) is 0 Å². The van der Waals surface area contributed by atoms with Crippen molar-refractivity contribution in [2.45, 2.75) is 30.0 Å². The molecule has 0 atom stereocenters. The van der Waals surface area contributed by atoms with Crippen molar-refractivity contribution in [3.8, 4) is 5.75 Å². The molecule has 0 saturated carbocycles. The normalized spacial score (nSPS) is 16.6.